The zero-order chi connectivity index (χ0) is 11.4. The first-order chi connectivity index (χ1) is 7.06. The molecular formula is C10H15N3O2. The van der Waals surface area contributed by atoms with Crippen molar-refractivity contribution in [2.45, 2.75) is 0 Å². The molecule has 0 bridgehead atoms. The molecule has 82 valence electrons. The number of carbonyl (C=O) groups is 1. The summed E-state index contributed by atoms with van der Waals surface area (Å²) in [5.41, 5.74) is 12.4. The molecule has 1 aromatic carbocycles. The van der Waals surface area contributed by atoms with E-state index >= 15 is 0 Å². The number of aliphatic hydroxyl groups is 1. The van der Waals surface area contributed by atoms with Crippen molar-refractivity contribution in [1.29, 1.82) is 0 Å². The van der Waals surface area contributed by atoms with E-state index in [2.05, 4.69) is 0 Å². The summed E-state index contributed by atoms with van der Waals surface area (Å²) < 4.78 is 0. The first kappa shape index (κ1) is 11.3. The van der Waals surface area contributed by atoms with Crippen LogP contribution in [0.1, 0.15) is 10.4 Å². The van der Waals surface area contributed by atoms with Crippen LogP contribution in [0, 0.1) is 0 Å². The fraction of sp³-hybridized carbons (Fsp3) is 0.300. The van der Waals surface area contributed by atoms with Gasteiger partial charge in [0.05, 0.1) is 18.0 Å². The van der Waals surface area contributed by atoms with Crippen LogP contribution in [0.2, 0.25) is 0 Å². The molecule has 5 heteroatoms. The maximum atomic E-state index is 11.7. The molecule has 0 heterocycles. The van der Waals surface area contributed by atoms with Crippen molar-refractivity contribution in [3.05, 3.63) is 23.8 Å². The highest BCUT2D eigenvalue weighted by Gasteiger charge is 2.11. The van der Waals surface area contributed by atoms with Crippen molar-refractivity contribution in [2.75, 3.05) is 31.7 Å². The molecule has 0 aliphatic rings. The summed E-state index contributed by atoms with van der Waals surface area (Å²) in [6.07, 6.45) is 0. The number of nitrogens with two attached hydrogens (primary N) is 2. The monoisotopic (exact) mass is 209 g/mol. The summed E-state index contributed by atoms with van der Waals surface area (Å²) in [5, 5.41) is 8.69. The molecule has 0 radical (unpaired) electrons. The molecule has 1 aromatic rings. The van der Waals surface area contributed by atoms with Gasteiger partial charge in [-0.3, -0.25) is 4.79 Å². The number of benzene rings is 1. The molecule has 5 nitrogen and oxygen atoms in total. The number of anilines is 2. The van der Waals surface area contributed by atoms with E-state index in [0.717, 1.165) is 0 Å². The Bertz CT molecular complexity index is 366. The molecule has 0 aliphatic heterocycles. The second-order valence-corrected chi connectivity index (χ2v) is 3.29. The van der Waals surface area contributed by atoms with E-state index in [1.807, 2.05) is 0 Å². The third kappa shape index (κ3) is 2.60. The van der Waals surface area contributed by atoms with Crippen LogP contribution in [0.25, 0.3) is 0 Å². The Morgan fingerprint density at radius 2 is 2.07 bits per heavy atom. The van der Waals surface area contributed by atoms with E-state index in [-0.39, 0.29) is 12.5 Å². The number of aliphatic hydroxyl groups excluding tert-OH is 1. The highest BCUT2D eigenvalue weighted by molar-refractivity contribution is 5.95. The number of rotatable bonds is 3. The lowest BCUT2D eigenvalue weighted by Gasteiger charge is -2.16. The van der Waals surface area contributed by atoms with E-state index < -0.39 is 0 Å². The summed E-state index contributed by atoms with van der Waals surface area (Å²) in [5.74, 6) is -0.184. The van der Waals surface area contributed by atoms with Crippen molar-refractivity contribution < 1.29 is 9.90 Å². The van der Waals surface area contributed by atoms with Gasteiger partial charge in [-0.05, 0) is 18.2 Å². The third-order valence-electron chi connectivity index (χ3n) is 2.12. The summed E-state index contributed by atoms with van der Waals surface area (Å²) in [7, 11) is 1.62. The Labute approximate surface area is 88.3 Å². The Morgan fingerprint density at radius 3 is 2.60 bits per heavy atom. The zero-order valence-corrected chi connectivity index (χ0v) is 8.60. The first-order valence-electron chi connectivity index (χ1n) is 4.57. The number of hydrogen-bond donors (Lipinski definition) is 3. The van der Waals surface area contributed by atoms with E-state index in [1.54, 1.807) is 19.2 Å². The number of carbonyl (C=O) groups excluding carboxylic acids is 1. The molecule has 0 saturated heterocycles. The van der Waals surface area contributed by atoms with Crippen LogP contribution in [0.5, 0.6) is 0 Å². The van der Waals surface area contributed by atoms with Gasteiger partial charge in [0.2, 0.25) is 0 Å². The van der Waals surface area contributed by atoms with Crippen molar-refractivity contribution in [3.8, 4) is 0 Å². The average molecular weight is 209 g/mol. The molecular weight excluding hydrogens is 194 g/mol. The molecule has 1 rings (SSSR count). The van der Waals surface area contributed by atoms with Crippen LogP contribution in [0.15, 0.2) is 18.2 Å². The Morgan fingerprint density at radius 1 is 1.40 bits per heavy atom. The van der Waals surface area contributed by atoms with Gasteiger partial charge in [0.15, 0.2) is 0 Å². The molecule has 1 amide bonds. The highest BCUT2D eigenvalue weighted by atomic mass is 16.3. The summed E-state index contributed by atoms with van der Waals surface area (Å²) >= 11 is 0. The minimum absolute atomic E-state index is 0.0628. The summed E-state index contributed by atoms with van der Waals surface area (Å²) in [6.45, 7) is 0.232. The second kappa shape index (κ2) is 4.65. The van der Waals surface area contributed by atoms with Gasteiger partial charge in [-0.2, -0.15) is 0 Å². The van der Waals surface area contributed by atoms with Gasteiger partial charge < -0.3 is 21.5 Å². The Balaban J connectivity index is 2.87. The third-order valence-corrected chi connectivity index (χ3v) is 2.12. The molecule has 0 unspecified atom stereocenters. The number of amides is 1. The smallest absolute Gasteiger partial charge is 0.253 e. The zero-order valence-electron chi connectivity index (χ0n) is 8.60. The predicted octanol–water partition coefficient (Wildman–Crippen LogP) is -0.0847. The van der Waals surface area contributed by atoms with Gasteiger partial charge in [0.25, 0.3) is 5.91 Å². The predicted molar refractivity (Wildman–Crippen MR) is 59.3 cm³/mol. The maximum absolute atomic E-state index is 11.7. The number of nitrogens with zero attached hydrogens (tertiary/aromatic N) is 1. The number of hydrogen-bond acceptors (Lipinski definition) is 4. The normalized spacial score (nSPS) is 10.0. The fourth-order valence-electron chi connectivity index (χ4n) is 1.18. The SMILES string of the molecule is CN(CCO)C(=O)c1ccc(N)c(N)c1. The van der Waals surface area contributed by atoms with Gasteiger partial charge in [-0.1, -0.05) is 0 Å². The van der Waals surface area contributed by atoms with Gasteiger partial charge in [-0.15, -0.1) is 0 Å². The van der Waals surface area contributed by atoms with E-state index in [9.17, 15) is 4.79 Å². The largest absolute Gasteiger partial charge is 0.397 e. The summed E-state index contributed by atoms with van der Waals surface area (Å²) in [4.78, 5) is 13.1. The quantitative estimate of drug-likeness (QED) is 0.607. The lowest BCUT2D eigenvalue weighted by atomic mass is 10.1. The second-order valence-electron chi connectivity index (χ2n) is 3.29. The Kier molecular flexibility index (Phi) is 3.51. The van der Waals surface area contributed by atoms with Crippen LogP contribution in [0.3, 0.4) is 0 Å². The lowest BCUT2D eigenvalue weighted by Crippen LogP contribution is -2.29. The average Bonchev–Trinajstić information content (AvgIpc) is 2.21. The first-order valence-corrected chi connectivity index (χ1v) is 4.57. The molecule has 0 fully saturated rings. The van der Waals surface area contributed by atoms with Crippen molar-refractivity contribution in [3.63, 3.8) is 0 Å². The molecule has 0 aromatic heterocycles. The van der Waals surface area contributed by atoms with Crippen molar-refractivity contribution >= 4 is 17.3 Å². The van der Waals surface area contributed by atoms with Gasteiger partial charge >= 0.3 is 0 Å². The van der Waals surface area contributed by atoms with Crippen LogP contribution in [-0.4, -0.2) is 36.1 Å². The van der Waals surface area contributed by atoms with Crippen molar-refractivity contribution in [1.82, 2.24) is 4.90 Å². The van der Waals surface area contributed by atoms with E-state index in [0.29, 0.717) is 23.5 Å². The number of nitrogen functional groups attached to an aromatic ring is 2. The standard InChI is InChI=1S/C10H15N3O2/c1-13(4-5-14)10(15)7-2-3-8(11)9(12)6-7/h2-3,6,14H,4-5,11-12H2,1H3. The van der Waals surface area contributed by atoms with E-state index in [4.69, 9.17) is 16.6 Å². The molecule has 15 heavy (non-hydrogen) atoms. The highest BCUT2D eigenvalue weighted by Crippen LogP contribution is 2.16. The van der Waals surface area contributed by atoms with Crippen LogP contribution in [0.4, 0.5) is 11.4 Å². The molecule has 0 spiro atoms. The molecule has 0 atom stereocenters. The molecule has 5 N–H and O–H groups in total. The van der Waals surface area contributed by atoms with E-state index in [1.165, 1.54) is 11.0 Å². The van der Waals surface area contributed by atoms with Gasteiger partial charge in [0, 0.05) is 19.2 Å². The minimum atomic E-state index is -0.184. The fourth-order valence-corrected chi connectivity index (χ4v) is 1.18. The van der Waals surface area contributed by atoms with Crippen LogP contribution < -0.4 is 11.5 Å². The molecule has 0 saturated carbocycles. The van der Waals surface area contributed by atoms with Gasteiger partial charge in [-0.25, -0.2) is 0 Å². The number of likely N-dealkylation sites (N-methyl/N-ethyl adjacent to an activating group) is 1. The van der Waals surface area contributed by atoms with Gasteiger partial charge in [0.1, 0.15) is 0 Å². The topological polar surface area (TPSA) is 92.6 Å². The van der Waals surface area contributed by atoms with Crippen molar-refractivity contribution in [2.24, 2.45) is 0 Å². The molecule has 0 aliphatic carbocycles. The van der Waals surface area contributed by atoms with Crippen LogP contribution >= 0.6 is 0 Å². The van der Waals surface area contributed by atoms with Crippen LogP contribution in [-0.2, 0) is 0 Å². The lowest BCUT2D eigenvalue weighted by molar-refractivity contribution is 0.0767. The minimum Gasteiger partial charge on any atom is -0.397 e. The maximum Gasteiger partial charge on any atom is 0.253 e. The Hall–Kier alpha value is -1.75. The summed E-state index contributed by atoms with van der Waals surface area (Å²) in [6, 6.07) is 4.74.